The number of hydrogen-bond donors (Lipinski definition) is 0. The second-order valence-corrected chi connectivity index (χ2v) is 4.63. The van der Waals surface area contributed by atoms with Crippen LogP contribution in [0.1, 0.15) is 45.3 Å². The molecule has 1 unspecified atom stereocenters. The Hall–Kier alpha value is -0.760. The Bertz CT molecular complexity index is 341. The summed E-state index contributed by atoms with van der Waals surface area (Å²) in [4.78, 5) is 0. The number of rotatable bonds is 6. The first-order valence-electron chi connectivity index (χ1n) is 5.93. The highest BCUT2D eigenvalue weighted by atomic mass is 35.5. The summed E-state index contributed by atoms with van der Waals surface area (Å²) < 4.78 is 2.05. The summed E-state index contributed by atoms with van der Waals surface area (Å²) in [7, 11) is 0. The SMILES string of the molecule is CCC(C)n1ccc(CC(C)=CCCCl)n1. The lowest BCUT2D eigenvalue weighted by Crippen LogP contribution is -2.04. The second-order valence-electron chi connectivity index (χ2n) is 4.25. The Morgan fingerprint density at radius 1 is 1.62 bits per heavy atom. The van der Waals surface area contributed by atoms with Crippen LogP contribution in [0.25, 0.3) is 0 Å². The van der Waals surface area contributed by atoms with Gasteiger partial charge >= 0.3 is 0 Å². The lowest BCUT2D eigenvalue weighted by Gasteiger charge is -2.08. The van der Waals surface area contributed by atoms with Gasteiger partial charge in [0.2, 0.25) is 0 Å². The van der Waals surface area contributed by atoms with Gasteiger partial charge in [0.25, 0.3) is 0 Å². The van der Waals surface area contributed by atoms with Crippen molar-refractivity contribution in [1.29, 1.82) is 0 Å². The number of hydrogen-bond acceptors (Lipinski definition) is 1. The van der Waals surface area contributed by atoms with Crippen molar-refractivity contribution in [2.75, 3.05) is 5.88 Å². The summed E-state index contributed by atoms with van der Waals surface area (Å²) in [6.45, 7) is 6.50. The molecule has 16 heavy (non-hydrogen) atoms. The number of nitrogens with zero attached hydrogens (tertiary/aromatic N) is 2. The summed E-state index contributed by atoms with van der Waals surface area (Å²) in [5.41, 5.74) is 2.48. The summed E-state index contributed by atoms with van der Waals surface area (Å²) in [6.07, 6.45) is 7.25. The number of halogens is 1. The first kappa shape index (κ1) is 13.3. The number of aromatic nitrogens is 2. The van der Waals surface area contributed by atoms with E-state index >= 15 is 0 Å². The van der Waals surface area contributed by atoms with Gasteiger partial charge in [-0.2, -0.15) is 5.10 Å². The van der Waals surface area contributed by atoms with Gasteiger partial charge in [0.1, 0.15) is 0 Å². The van der Waals surface area contributed by atoms with Crippen molar-refractivity contribution in [3.05, 3.63) is 29.6 Å². The van der Waals surface area contributed by atoms with Crippen molar-refractivity contribution in [2.45, 2.75) is 46.1 Å². The third-order valence-corrected chi connectivity index (χ3v) is 2.99. The maximum Gasteiger partial charge on any atom is 0.0664 e. The molecule has 0 spiro atoms. The molecular weight excluding hydrogens is 220 g/mol. The molecule has 0 aliphatic rings. The molecule has 0 saturated heterocycles. The van der Waals surface area contributed by atoms with Gasteiger partial charge in [0.05, 0.1) is 5.69 Å². The largest absolute Gasteiger partial charge is 0.270 e. The minimum Gasteiger partial charge on any atom is -0.270 e. The molecule has 1 aromatic rings. The first-order chi connectivity index (χ1) is 7.67. The quantitative estimate of drug-likeness (QED) is 0.544. The van der Waals surface area contributed by atoms with Gasteiger partial charge in [-0.3, -0.25) is 4.68 Å². The minimum atomic E-state index is 0.487. The fraction of sp³-hybridized carbons (Fsp3) is 0.615. The lowest BCUT2D eigenvalue weighted by atomic mass is 10.1. The van der Waals surface area contributed by atoms with Crippen molar-refractivity contribution in [2.24, 2.45) is 0 Å². The van der Waals surface area contributed by atoms with Crippen LogP contribution >= 0.6 is 11.6 Å². The Labute approximate surface area is 103 Å². The highest BCUT2D eigenvalue weighted by molar-refractivity contribution is 6.17. The van der Waals surface area contributed by atoms with Crippen molar-refractivity contribution >= 4 is 11.6 Å². The third-order valence-electron chi connectivity index (χ3n) is 2.77. The van der Waals surface area contributed by atoms with E-state index in [4.69, 9.17) is 11.6 Å². The third kappa shape index (κ3) is 4.01. The molecule has 0 aromatic carbocycles. The average Bonchev–Trinajstić information content (AvgIpc) is 2.73. The van der Waals surface area contributed by atoms with Crippen LogP contribution < -0.4 is 0 Å². The molecule has 2 nitrogen and oxygen atoms in total. The van der Waals surface area contributed by atoms with E-state index in [9.17, 15) is 0 Å². The smallest absolute Gasteiger partial charge is 0.0664 e. The van der Waals surface area contributed by atoms with Crippen LogP contribution in [0.15, 0.2) is 23.9 Å². The van der Waals surface area contributed by atoms with Gasteiger partial charge in [-0.05, 0) is 32.8 Å². The monoisotopic (exact) mass is 240 g/mol. The zero-order valence-electron chi connectivity index (χ0n) is 10.4. The molecule has 0 aliphatic carbocycles. The molecule has 1 aromatic heterocycles. The fourth-order valence-electron chi connectivity index (χ4n) is 1.56. The highest BCUT2D eigenvalue weighted by Gasteiger charge is 2.04. The van der Waals surface area contributed by atoms with Crippen LogP contribution in [0.3, 0.4) is 0 Å². The van der Waals surface area contributed by atoms with Crippen molar-refractivity contribution < 1.29 is 0 Å². The highest BCUT2D eigenvalue weighted by Crippen LogP contribution is 2.12. The predicted octanol–water partition coefficient (Wildman–Crippen LogP) is 3.97. The second kappa shape index (κ2) is 6.74. The predicted molar refractivity (Wildman–Crippen MR) is 70.0 cm³/mol. The van der Waals surface area contributed by atoms with Crippen LogP contribution in [0.4, 0.5) is 0 Å². The van der Waals surface area contributed by atoms with Gasteiger partial charge in [-0.15, -0.1) is 11.6 Å². The molecule has 0 bridgehead atoms. The minimum absolute atomic E-state index is 0.487. The maximum atomic E-state index is 5.65. The van der Waals surface area contributed by atoms with E-state index in [1.54, 1.807) is 0 Å². The van der Waals surface area contributed by atoms with E-state index in [1.165, 1.54) is 5.57 Å². The Morgan fingerprint density at radius 2 is 2.38 bits per heavy atom. The van der Waals surface area contributed by atoms with E-state index in [2.05, 4.69) is 44.2 Å². The van der Waals surface area contributed by atoms with Crippen molar-refractivity contribution in [3.63, 3.8) is 0 Å². The van der Waals surface area contributed by atoms with Crippen LogP contribution in [-0.4, -0.2) is 15.7 Å². The van der Waals surface area contributed by atoms with Gasteiger partial charge in [0, 0.05) is 24.5 Å². The van der Waals surface area contributed by atoms with Crippen LogP contribution in [0.5, 0.6) is 0 Å². The molecular formula is C13H21ClN2. The molecule has 0 saturated carbocycles. The van der Waals surface area contributed by atoms with Crippen molar-refractivity contribution in [3.8, 4) is 0 Å². The molecule has 0 fully saturated rings. The zero-order valence-corrected chi connectivity index (χ0v) is 11.2. The topological polar surface area (TPSA) is 17.8 Å². The summed E-state index contributed by atoms with van der Waals surface area (Å²) in [5.74, 6) is 0.693. The van der Waals surface area contributed by atoms with E-state index < -0.39 is 0 Å². The molecule has 1 heterocycles. The number of alkyl halides is 1. The Morgan fingerprint density at radius 3 is 3.00 bits per heavy atom. The molecule has 1 atom stereocenters. The number of allylic oxidation sites excluding steroid dienone is 2. The summed E-state index contributed by atoms with van der Waals surface area (Å²) in [5, 5.41) is 4.57. The lowest BCUT2D eigenvalue weighted by molar-refractivity contribution is 0.474. The van der Waals surface area contributed by atoms with E-state index in [1.807, 2.05) is 4.68 Å². The normalized spacial score (nSPS) is 14.1. The standard InChI is InChI=1S/C13H21ClN2/c1-4-12(3)16-9-7-13(15-16)10-11(2)6-5-8-14/h6-7,9,12H,4-5,8,10H2,1-3H3. The van der Waals surface area contributed by atoms with Crippen molar-refractivity contribution in [1.82, 2.24) is 9.78 Å². The van der Waals surface area contributed by atoms with Gasteiger partial charge in [0.15, 0.2) is 0 Å². The Kier molecular flexibility index (Phi) is 5.61. The molecule has 0 radical (unpaired) electrons. The fourth-order valence-corrected chi connectivity index (χ4v) is 1.67. The Balaban J connectivity index is 2.58. The van der Waals surface area contributed by atoms with E-state index in [-0.39, 0.29) is 0 Å². The summed E-state index contributed by atoms with van der Waals surface area (Å²) in [6, 6.07) is 2.59. The summed E-state index contributed by atoms with van der Waals surface area (Å²) >= 11 is 5.65. The van der Waals surface area contributed by atoms with Crippen LogP contribution in [0, 0.1) is 0 Å². The van der Waals surface area contributed by atoms with Gasteiger partial charge in [-0.25, -0.2) is 0 Å². The average molecular weight is 241 g/mol. The van der Waals surface area contributed by atoms with E-state index in [0.29, 0.717) is 11.9 Å². The zero-order chi connectivity index (χ0) is 12.0. The van der Waals surface area contributed by atoms with Crippen LogP contribution in [0.2, 0.25) is 0 Å². The van der Waals surface area contributed by atoms with Crippen LogP contribution in [-0.2, 0) is 6.42 Å². The molecule has 0 amide bonds. The molecule has 0 N–H and O–H groups in total. The van der Waals surface area contributed by atoms with Gasteiger partial charge < -0.3 is 0 Å². The first-order valence-corrected chi connectivity index (χ1v) is 6.46. The molecule has 0 aliphatic heterocycles. The maximum absolute atomic E-state index is 5.65. The van der Waals surface area contributed by atoms with E-state index in [0.717, 1.165) is 25.0 Å². The molecule has 3 heteroatoms. The molecule has 90 valence electrons. The molecule has 1 rings (SSSR count). The van der Waals surface area contributed by atoms with Gasteiger partial charge in [-0.1, -0.05) is 18.6 Å².